The SMILES string of the molecule is N#Cc1c(N)cc(-c2nccs2)nc1-c1cc(N2CC[C@@H](O)C2)ncn1. The van der Waals surface area contributed by atoms with E-state index in [0.717, 1.165) is 11.6 Å². The Bertz CT molecular complexity index is 983. The molecule has 1 fully saturated rings. The minimum absolute atomic E-state index is 0.274. The van der Waals surface area contributed by atoms with E-state index in [4.69, 9.17) is 5.73 Å². The summed E-state index contributed by atoms with van der Waals surface area (Å²) in [5.74, 6) is 0.690. The Morgan fingerprint density at radius 3 is 2.85 bits per heavy atom. The van der Waals surface area contributed by atoms with Crippen molar-refractivity contribution >= 4 is 22.8 Å². The van der Waals surface area contributed by atoms with E-state index in [0.29, 0.717) is 41.6 Å². The van der Waals surface area contributed by atoms with Gasteiger partial charge in [0.25, 0.3) is 0 Å². The van der Waals surface area contributed by atoms with E-state index < -0.39 is 0 Å². The number of nitrogens with zero attached hydrogens (tertiary/aromatic N) is 6. The molecule has 130 valence electrons. The van der Waals surface area contributed by atoms with E-state index in [1.807, 2.05) is 10.3 Å². The molecule has 8 nitrogen and oxygen atoms in total. The Hall–Kier alpha value is -3.09. The van der Waals surface area contributed by atoms with Crippen molar-refractivity contribution in [2.24, 2.45) is 0 Å². The van der Waals surface area contributed by atoms with Crippen LogP contribution in [0.15, 0.2) is 30.0 Å². The van der Waals surface area contributed by atoms with E-state index >= 15 is 0 Å². The van der Waals surface area contributed by atoms with Gasteiger partial charge in [-0.15, -0.1) is 11.3 Å². The molecular weight excluding hydrogens is 350 g/mol. The second-order valence-corrected chi connectivity index (χ2v) is 6.81. The van der Waals surface area contributed by atoms with E-state index in [1.165, 1.54) is 17.7 Å². The molecule has 0 saturated carbocycles. The van der Waals surface area contributed by atoms with Gasteiger partial charge in [-0.2, -0.15) is 5.26 Å². The Labute approximate surface area is 153 Å². The summed E-state index contributed by atoms with van der Waals surface area (Å²) < 4.78 is 0. The predicted molar refractivity (Wildman–Crippen MR) is 98.3 cm³/mol. The van der Waals surface area contributed by atoms with Gasteiger partial charge in [0.15, 0.2) is 0 Å². The molecule has 0 aromatic carbocycles. The van der Waals surface area contributed by atoms with Crippen molar-refractivity contribution in [3.63, 3.8) is 0 Å². The summed E-state index contributed by atoms with van der Waals surface area (Å²) in [7, 11) is 0. The smallest absolute Gasteiger partial charge is 0.141 e. The van der Waals surface area contributed by atoms with Gasteiger partial charge in [-0.25, -0.2) is 19.9 Å². The highest BCUT2D eigenvalue weighted by molar-refractivity contribution is 7.13. The molecular formula is C17H15N7OS. The minimum Gasteiger partial charge on any atom is -0.398 e. The zero-order chi connectivity index (χ0) is 18.1. The number of aliphatic hydroxyl groups is 1. The van der Waals surface area contributed by atoms with Crippen molar-refractivity contribution in [1.29, 1.82) is 5.26 Å². The average Bonchev–Trinajstić information content (AvgIpc) is 3.33. The van der Waals surface area contributed by atoms with Gasteiger partial charge in [-0.1, -0.05) is 0 Å². The maximum atomic E-state index is 9.75. The summed E-state index contributed by atoms with van der Waals surface area (Å²) in [6, 6.07) is 5.54. The molecule has 4 rings (SSSR count). The van der Waals surface area contributed by atoms with Gasteiger partial charge < -0.3 is 15.7 Å². The van der Waals surface area contributed by atoms with Crippen molar-refractivity contribution < 1.29 is 5.11 Å². The highest BCUT2D eigenvalue weighted by atomic mass is 32.1. The molecule has 9 heteroatoms. The number of aliphatic hydroxyl groups excluding tert-OH is 1. The summed E-state index contributed by atoms with van der Waals surface area (Å²) in [5.41, 5.74) is 8.21. The first-order valence-corrected chi connectivity index (χ1v) is 8.89. The quantitative estimate of drug-likeness (QED) is 0.718. The highest BCUT2D eigenvalue weighted by Crippen LogP contribution is 2.31. The third-order valence-electron chi connectivity index (χ3n) is 4.20. The van der Waals surface area contributed by atoms with Crippen LogP contribution in [0.3, 0.4) is 0 Å². The molecule has 0 amide bonds. The Morgan fingerprint density at radius 1 is 1.27 bits per heavy atom. The molecule has 1 atom stereocenters. The van der Waals surface area contributed by atoms with Crippen molar-refractivity contribution in [2.75, 3.05) is 23.7 Å². The van der Waals surface area contributed by atoms with Crippen LogP contribution >= 0.6 is 11.3 Å². The van der Waals surface area contributed by atoms with Gasteiger partial charge in [-0.3, -0.25) is 0 Å². The van der Waals surface area contributed by atoms with Crippen LogP contribution in [-0.4, -0.2) is 44.2 Å². The van der Waals surface area contributed by atoms with Crippen LogP contribution in [0.25, 0.3) is 22.1 Å². The van der Waals surface area contributed by atoms with Gasteiger partial charge >= 0.3 is 0 Å². The fraction of sp³-hybridized carbons (Fsp3) is 0.235. The lowest BCUT2D eigenvalue weighted by Crippen LogP contribution is -2.22. The van der Waals surface area contributed by atoms with Gasteiger partial charge in [-0.05, 0) is 12.5 Å². The predicted octanol–water partition coefficient (Wildman–Crippen LogP) is 1.69. The van der Waals surface area contributed by atoms with Gasteiger partial charge in [0.1, 0.15) is 40.2 Å². The van der Waals surface area contributed by atoms with Gasteiger partial charge in [0, 0.05) is 30.7 Å². The molecule has 0 aliphatic carbocycles. The number of aromatic nitrogens is 4. The van der Waals surface area contributed by atoms with Crippen molar-refractivity contribution in [2.45, 2.75) is 12.5 Å². The molecule has 0 radical (unpaired) electrons. The van der Waals surface area contributed by atoms with Gasteiger partial charge in [0.2, 0.25) is 0 Å². The van der Waals surface area contributed by atoms with Crippen LogP contribution in [0, 0.1) is 11.3 Å². The molecule has 3 N–H and O–H groups in total. The fourth-order valence-electron chi connectivity index (χ4n) is 2.93. The molecule has 0 bridgehead atoms. The number of nitriles is 1. The van der Waals surface area contributed by atoms with Crippen LogP contribution in [0.4, 0.5) is 11.5 Å². The number of rotatable bonds is 3. The first kappa shape index (κ1) is 16.4. The number of hydrogen-bond donors (Lipinski definition) is 2. The number of thiazole rings is 1. The number of β-amino-alcohol motifs (C(OH)–C–C–N with tert-alkyl or cyclic N) is 1. The van der Waals surface area contributed by atoms with Crippen LogP contribution < -0.4 is 10.6 Å². The third-order valence-corrected chi connectivity index (χ3v) is 4.99. The van der Waals surface area contributed by atoms with E-state index in [-0.39, 0.29) is 11.7 Å². The zero-order valence-electron chi connectivity index (χ0n) is 13.7. The van der Waals surface area contributed by atoms with E-state index in [1.54, 1.807) is 18.3 Å². The average molecular weight is 365 g/mol. The molecule has 4 heterocycles. The largest absolute Gasteiger partial charge is 0.398 e. The molecule has 26 heavy (non-hydrogen) atoms. The maximum Gasteiger partial charge on any atom is 0.141 e. The lowest BCUT2D eigenvalue weighted by molar-refractivity contribution is 0.198. The van der Waals surface area contributed by atoms with Crippen molar-refractivity contribution in [3.05, 3.63) is 35.6 Å². The standard InChI is InChI=1S/C17H15N7OS/c18-7-11-12(19)5-14(17-20-2-4-26-17)23-16(11)13-6-15(22-9-21-13)24-3-1-10(25)8-24/h2,4-6,9-10,25H,1,3,8H2,(H2,19,23)/t10-/m1/s1. The molecule has 3 aromatic heterocycles. The first-order valence-electron chi connectivity index (χ1n) is 8.01. The summed E-state index contributed by atoms with van der Waals surface area (Å²) in [6.45, 7) is 1.24. The van der Waals surface area contributed by atoms with Crippen molar-refractivity contribution in [1.82, 2.24) is 19.9 Å². The molecule has 1 aliphatic heterocycles. The van der Waals surface area contributed by atoms with Crippen LogP contribution in [-0.2, 0) is 0 Å². The zero-order valence-corrected chi connectivity index (χ0v) is 14.5. The molecule has 1 aliphatic rings. The fourth-order valence-corrected chi connectivity index (χ4v) is 3.52. The topological polar surface area (TPSA) is 125 Å². The number of nitrogen functional groups attached to an aromatic ring is 1. The lowest BCUT2D eigenvalue weighted by atomic mass is 10.1. The second kappa shape index (κ2) is 6.67. The Balaban J connectivity index is 1.81. The monoisotopic (exact) mass is 365 g/mol. The second-order valence-electron chi connectivity index (χ2n) is 5.92. The number of pyridine rings is 1. The molecule has 0 unspecified atom stereocenters. The summed E-state index contributed by atoms with van der Waals surface area (Å²) in [5, 5.41) is 21.8. The summed E-state index contributed by atoms with van der Waals surface area (Å²) >= 11 is 1.45. The number of nitrogens with two attached hydrogens (primary N) is 1. The first-order chi connectivity index (χ1) is 12.7. The summed E-state index contributed by atoms with van der Waals surface area (Å²) in [4.78, 5) is 19.4. The van der Waals surface area contributed by atoms with Crippen LogP contribution in [0.2, 0.25) is 0 Å². The van der Waals surface area contributed by atoms with E-state index in [2.05, 4.69) is 26.0 Å². The van der Waals surface area contributed by atoms with Crippen LogP contribution in [0.1, 0.15) is 12.0 Å². The lowest BCUT2D eigenvalue weighted by Gasteiger charge is -2.17. The molecule has 1 saturated heterocycles. The maximum absolute atomic E-state index is 9.75. The summed E-state index contributed by atoms with van der Waals surface area (Å²) in [6.07, 6.45) is 3.47. The molecule has 0 spiro atoms. The van der Waals surface area contributed by atoms with Crippen LogP contribution in [0.5, 0.6) is 0 Å². The molecule has 3 aromatic rings. The Morgan fingerprint density at radius 2 is 2.15 bits per heavy atom. The van der Waals surface area contributed by atoms with E-state index in [9.17, 15) is 10.4 Å². The highest BCUT2D eigenvalue weighted by Gasteiger charge is 2.23. The van der Waals surface area contributed by atoms with Crippen molar-refractivity contribution in [3.8, 4) is 28.2 Å². The minimum atomic E-state index is -0.356. The number of anilines is 2. The Kier molecular flexibility index (Phi) is 4.20. The van der Waals surface area contributed by atoms with Gasteiger partial charge in [0.05, 0.1) is 17.5 Å². The third kappa shape index (κ3) is 2.96. The number of hydrogen-bond acceptors (Lipinski definition) is 9. The normalized spacial score (nSPS) is 16.6.